The SMILES string of the molecule is CC1(C)[C@](C)(CCCO)CC[C@]1(C)C(=O)O. The average molecular weight is 228 g/mol. The Hall–Kier alpha value is -0.570. The molecule has 0 aliphatic heterocycles. The Bertz CT molecular complexity index is 285. The largest absolute Gasteiger partial charge is 0.481 e. The summed E-state index contributed by atoms with van der Waals surface area (Å²) in [5.74, 6) is -0.690. The van der Waals surface area contributed by atoms with Crippen molar-refractivity contribution in [1.82, 2.24) is 0 Å². The van der Waals surface area contributed by atoms with Crippen LogP contribution in [-0.2, 0) is 4.79 Å². The number of hydrogen-bond donors (Lipinski definition) is 2. The zero-order valence-electron chi connectivity index (χ0n) is 10.8. The first-order valence-electron chi connectivity index (χ1n) is 6.05. The highest BCUT2D eigenvalue weighted by atomic mass is 16.4. The van der Waals surface area contributed by atoms with Gasteiger partial charge in [0.2, 0.25) is 0 Å². The van der Waals surface area contributed by atoms with E-state index in [9.17, 15) is 9.90 Å². The third kappa shape index (κ3) is 1.65. The summed E-state index contributed by atoms with van der Waals surface area (Å²) in [5.41, 5.74) is -0.860. The van der Waals surface area contributed by atoms with Crippen LogP contribution in [-0.4, -0.2) is 22.8 Å². The number of carboxylic acid groups (broad SMARTS) is 1. The summed E-state index contributed by atoms with van der Waals surface area (Å²) in [7, 11) is 0. The Morgan fingerprint density at radius 1 is 1.19 bits per heavy atom. The molecule has 0 amide bonds. The van der Waals surface area contributed by atoms with Gasteiger partial charge in [-0.1, -0.05) is 20.8 Å². The Labute approximate surface area is 97.9 Å². The van der Waals surface area contributed by atoms with Gasteiger partial charge in [0, 0.05) is 6.61 Å². The van der Waals surface area contributed by atoms with Crippen molar-refractivity contribution in [1.29, 1.82) is 0 Å². The molecule has 1 rings (SSSR count). The second kappa shape index (κ2) is 4.02. The van der Waals surface area contributed by atoms with E-state index < -0.39 is 11.4 Å². The fourth-order valence-electron chi connectivity index (χ4n) is 3.10. The summed E-state index contributed by atoms with van der Waals surface area (Å²) < 4.78 is 0. The quantitative estimate of drug-likeness (QED) is 0.777. The molecule has 16 heavy (non-hydrogen) atoms. The van der Waals surface area contributed by atoms with Gasteiger partial charge in [-0.3, -0.25) is 4.79 Å². The molecule has 0 bridgehead atoms. The Morgan fingerprint density at radius 2 is 1.75 bits per heavy atom. The van der Waals surface area contributed by atoms with Gasteiger partial charge in [0.25, 0.3) is 0 Å². The van der Waals surface area contributed by atoms with Gasteiger partial charge in [0.15, 0.2) is 0 Å². The molecule has 94 valence electrons. The van der Waals surface area contributed by atoms with Crippen molar-refractivity contribution < 1.29 is 15.0 Å². The van der Waals surface area contributed by atoms with Crippen molar-refractivity contribution in [3.05, 3.63) is 0 Å². The molecule has 0 saturated heterocycles. The van der Waals surface area contributed by atoms with Crippen LogP contribution in [0.15, 0.2) is 0 Å². The normalized spacial score (nSPS) is 37.6. The minimum absolute atomic E-state index is 0.0167. The van der Waals surface area contributed by atoms with Crippen LogP contribution in [0.2, 0.25) is 0 Å². The fourth-order valence-corrected chi connectivity index (χ4v) is 3.10. The van der Waals surface area contributed by atoms with E-state index in [1.54, 1.807) is 0 Å². The lowest BCUT2D eigenvalue weighted by atomic mass is 9.58. The molecule has 1 fully saturated rings. The average Bonchev–Trinajstić information content (AvgIpc) is 2.38. The molecule has 2 atom stereocenters. The summed E-state index contributed by atoms with van der Waals surface area (Å²) in [6.45, 7) is 8.34. The molecule has 2 N–H and O–H groups in total. The van der Waals surface area contributed by atoms with Crippen molar-refractivity contribution in [2.45, 2.75) is 53.4 Å². The second-order valence-electron chi connectivity index (χ2n) is 6.15. The molecule has 0 radical (unpaired) electrons. The summed E-state index contributed by atoms with van der Waals surface area (Å²) in [5, 5.41) is 18.4. The van der Waals surface area contributed by atoms with Crippen LogP contribution in [0.3, 0.4) is 0 Å². The topological polar surface area (TPSA) is 57.5 Å². The van der Waals surface area contributed by atoms with Gasteiger partial charge < -0.3 is 10.2 Å². The Morgan fingerprint density at radius 3 is 2.12 bits per heavy atom. The van der Waals surface area contributed by atoms with Gasteiger partial charge in [-0.25, -0.2) is 0 Å². The number of hydrogen-bond acceptors (Lipinski definition) is 2. The highest BCUT2D eigenvalue weighted by Crippen LogP contribution is 2.64. The van der Waals surface area contributed by atoms with Crippen LogP contribution < -0.4 is 0 Å². The number of aliphatic hydroxyl groups is 1. The molecule has 1 saturated carbocycles. The summed E-state index contributed by atoms with van der Waals surface area (Å²) in [4.78, 5) is 11.5. The molecular formula is C13H24O3. The van der Waals surface area contributed by atoms with Gasteiger partial charge in [0.1, 0.15) is 0 Å². The van der Waals surface area contributed by atoms with Crippen molar-refractivity contribution in [2.75, 3.05) is 6.61 Å². The molecule has 0 heterocycles. The van der Waals surface area contributed by atoms with Crippen LogP contribution in [0.4, 0.5) is 0 Å². The minimum atomic E-state index is -0.690. The van der Waals surface area contributed by atoms with Gasteiger partial charge in [0.05, 0.1) is 5.41 Å². The van der Waals surface area contributed by atoms with E-state index in [-0.39, 0.29) is 17.4 Å². The van der Waals surface area contributed by atoms with Gasteiger partial charge in [-0.2, -0.15) is 0 Å². The zero-order valence-corrected chi connectivity index (χ0v) is 10.8. The summed E-state index contributed by atoms with van der Waals surface area (Å²) in [6.07, 6.45) is 3.33. The maximum Gasteiger partial charge on any atom is 0.309 e. The molecule has 0 aromatic carbocycles. The Balaban J connectivity index is 2.99. The minimum Gasteiger partial charge on any atom is -0.481 e. The van der Waals surface area contributed by atoms with Crippen molar-refractivity contribution >= 4 is 5.97 Å². The highest BCUT2D eigenvalue weighted by Gasteiger charge is 2.61. The lowest BCUT2D eigenvalue weighted by molar-refractivity contribution is -0.156. The van der Waals surface area contributed by atoms with Crippen LogP contribution in [0.1, 0.15) is 53.4 Å². The smallest absolute Gasteiger partial charge is 0.309 e. The monoisotopic (exact) mass is 228 g/mol. The molecule has 0 spiro atoms. The standard InChI is InChI=1S/C13H24O3/c1-11(2)12(3,6-5-9-14)7-8-13(11,4)10(15)16/h14H,5-9H2,1-4H3,(H,15,16)/t12-,13-/m1/s1. The van der Waals surface area contributed by atoms with Crippen LogP contribution >= 0.6 is 0 Å². The molecule has 1 aliphatic carbocycles. The molecule has 1 aliphatic rings. The second-order valence-corrected chi connectivity index (χ2v) is 6.15. The van der Waals surface area contributed by atoms with E-state index in [2.05, 4.69) is 20.8 Å². The van der Waals surface area contributed by atoms with Crippen LogP contribution in [0.5, 0.6) is 0 Å². The predicted molar refractivity (Wildman–Crippen MR) is 63.2 cm³/mol. The molecule has 3 heteroatoms. The maximum atomic E-state index is 11.5. The third-order valence-corrected chi connectivity index (χ3v) is 5.42. The van der Waals surface area contributed by atoms with Crippen LogP contribution in [0.25, 0.3) is 0 Å². The number of aliphatic hydroxyl groups excluding tert-OH is 1. The first-order valence-corrected chi connectivity index (χ1v) is 6.05. The van der Waals surface area contributed by atoms with E-state index in [4.69, 9.17) is 5.11 Å². The summed E-state index contributed by atoms with van der Waals surface area (Å²) >= 11 is 0. The lowest BCUT2D eigenvalue weighted by Gasteiger charge is -2.45. The van der Waals surface area contributed by atoms with E-state index in [1.807, 2.05) is 6.92 Å². The van der Waals surface area contributed by atoms with Crippen molar-refractivity contribution in [2.24, 2.45) is 16.2 Å². The summed E-state index contributed by atoms with van der Waals surface area (Å²) in [6, 6.07) is 0. The van der Waals surface area contributed by atoms with Crippen molar-refractivity contribution in [3.8, 4) is 0 Å². The van der Waals surface area contributed by atoms with Gasteiger partial charge in [-0.05, 0) is 43.4 Å². The first kappa shape index (κ1) is 13.5. The number of aliphatic carboxylic acids is 1. The van der Waals surface area contributed by atoms with Crippen LogP contribution in [0, 0.1) is 16.2 Å². The molecule has 0 aromatic heterocycles. The Kier molecular flexibility index (Phi) is 3.39. The number of rotatable bonds is 4. The van der Waals surface area contributed by atoms with Gasteiger partial charge >= 0.3 is 5.97 Å². The molecule has 0 unspecified atom stereocenters. The third-order valence-electron chi connectivity index (χ3n) is 5.42. The van der Waals surface area contributed by atoms with E-state index in [1.165, 1.54) is 0 Å². The zero-order chi connectivity index (χ0) is 12.6. The van der Waals surface area contributed by atoms with E-state index in [0.717, 1.165) is 25.7 Å². The maximum absolute atomic E-state index is 11.5. The predicted octanol–water partition coefficient (Wildman–Crippen LogP) is 2.68. The van der Waals surface area contributed by atoms with E-state index in [0.29, 0.717) is 0 Å². The van der Waals surface area contributed by atoms with E-state index >= 15 is 0 Å². The molecular weight excluding hydrogens is 204 g/mol. The lowest BCUT2D eigenvalue weighted by Crippen LogP contribution is -2.44. The number of carboxylic acids is 1. The number of carbonyl (C=O) groups is 1. The first-order chi connectivity index (χ1) is 7.21. The molecule has 0 aromatic rings. The fraction of sp³-hybridized carbons (Fsp3) is 0.923. The highest BCUT2D eigenvalue weighted by molar-refractivity contribution is 5.76. The molecule has 3 nitrogen and oxygen atoms in total. The van der Waals surface area contributed by atoms with Gasteiger partial charge in [-0.15, -0.1) is 0 Å². The van der Waals surface area contributed by atoms with Crippen molar-refractivity contribution in [3.63, 3.8) is 0 Å².